The van der Waals surface area contributed by atoms with Gasteiger partial charge in [0, 0.05) is 6.42 Å². The van der Waals surface area contributed by atoms with Crippen LogP contribution in [0.1, 0.15) is 118 Å². The normalized spacial score (nSPS) is 13.5. The van der Waals surface area contributed by atoms with Gasteiger partial charge in [0.15, 0.2) is 0 Å². The van der Waals surface area contributed by atoms with Gasteiger partial charge in [-0.3, -0.25) is 4.79 Å². The van der Waals surface area contributed by atoms with Crippen molar-refractivity contribution in [1.82, 2.24) is 5.32 Å². The molecule has 0 aliphatic heterocycles. The lowest BCUT2D eigenvalue weighted by Crippen LogP contribution is -2.36. The minimum atomic E-state index is -0.317. The molecule has 0 fully saturated rings. The second kappa shape index (κ2) is 18.3. The van der Waals surface area contributed by atoms with Crippen LogP contribution in [0.2, 0.25) is 0 Å². The van der Waals surface area contributed by atoms with E-state index in [0.29, 0.717) is 12.3 Å². The Morgan fingerprint density at radius 1 is 0.933 bits per heavy atom. The molecule has 1 amide bonds. The summed E-state index contributed by atoms with van der Waals surface area (Å²) in [6.45, 7) is 14.5. The second-order valence-corrected chi connectivity index (χ2v) is 9.24. The summed E-state index contributed by atoms with van der Waals surface area (Å²) in [7, 11) is 0. The SMILES string of the molecule is C=C(O)C(CC(C)C)NC(=O)CCCCCCC/C=C\C/C(C)=C(/C)CCCCC. The van der Waals surface area contributed by atoms with Crippen molar-refractivity contribution in [3.05, 3.63) is 35.6 Å². The summed E-state index contributed by atoms with van der Waals surface area (Å²) in [6.07, 6.45) is 19.0. The van der Waals surface area contributed by atoms with Crippen LogP contribution in [0, 0.1) is 5.92 Å². The van der Waals surface area contributed by atoms with Crippen LogP contribution in [0.15, 0.2) is 35.6 Å². The average molecular weight is 420 g/mol. The summed E-state index contributed by atoms with van der Waals surface area (Å²) in [4.78, 5) is 12.0. The third-order valence-corrected chi connectivity index (χ3v) is 5.69. The van der Waals surface area contributed by atoms with Crippen LogP contribution in [0.4, 0.5) is 0 Å². The van der Waals surface area contributed by atoms with Gasteiger partial charge in [-0.25, -0.2) is 0 Å². The number of aliphatic hydroxyl groups is 1. The van der Waals surface area contributed by atoms with E-state index in [-0.39, 0.29) is 17.7 Å². The van der Waals surface area contributed by atoms with E-state index in [1.807, 2.05) is 0 Å². The molecule has 2 N–H and O–H groups in total. The zero-order chi connectivity index (χ0) is 22.8. The first-order chi connectivity index (χ1) is 14.3. The Kier molecular flexibility index (Phi) is 17.4. The largest absolute Gasteiger partial charge is 0.511 e. The zero-order valence-corrected chi connectivity index (χ0v) is 20.6. The molecule has 1 unspecified atom stereocenters. The fraction of sp³-hybridized carbons (Fsp3) is 0.741. The molecule has 0 aromatic rings. The van der Waals surface area contributed by atoms with E-state index in [0.717, 1.165) is 32.1 Å². The third kappa shape index (κ3) is 16.3. The summed E-state index contributed by atoms with van der Waals surface area (Å²) in [6, 6.07) is -0.317. The lowest BCUT2D eigenvalue weighted by atomic mass is 10.0. The highest BCUT2D eigenvalue weighted by Crippen LogP contribution is 2.16. The lowest BCUT2D eigenvalue weighted by molar-refractivity contribution is -0.122. The van der Waals surface area contributed by atoms with Crippen LogP contribution >= 0.6 is 0 Å². The van der Waals surface area contributed by atoms with Gasteiger partial charge in [0.2, 0.25) is 5.91 Å². The fourth-order valence-corrected chi connectivity index (χ4v) is 3.50. The summed E-state index contributed by atoms with van der Waals surface area (Å²) < 4.78 is 0. The number of nitrogens with one attached hydrogen (secondary N) is 1. The molecule has 30 heavy (non-hydrogen) atoms. The molecule has 0 saturated heterocycles. The molecule has 0 bridgehead atoms. The van der Waals surface area contributed by atoms with E-state index in [2.05, 4.69) is 58.7 Å². The maximum Gasteiger partial charge on any atom is 0.220 e. The number of rotatable bonds is 18. The van der Waals surface area contributed by atoms with Crippen LogP contribution in [0.5, 0.6) is 0 Å². The van der Waals surface area contributed by atoms with Crippen LogP contribution < -0.4 is 5.32 Å². The highest BCUT2D eigenvalue weighted by atomic mass is 16.3. The first-order valence-electron chi connectivity index (χ1n) is 12.2. The number of aliphatic hydroxyl groups excluding tert-OH is 1. The summed E-state index contributed by atoms with van der Waals surface area (Å²) in [5.41, 5.74) is 3.09. The number of hydrogen-bond donors (Lipinski definition) is 2. The van der Waals surface area contributed by atoms with Gasteiger partial charge < -0.3 is 10.4 Å². The van der Waals surface area contributed by atoms with E-state index in [1.165, 1.54) is 50.5 Å². The van der Waals surface area contributed by atoms with Gasteiger partial charge in [0.1, 0.15) is 5.76 Å². The molecule has 0 saturated carbocycles. The number of unbranched alkanes of at least 4 members (excludes halogenated alkanes) is 7. The molecule has 174 valence electrons. The van der Waals surface area contributed by atoms with Gasteiger partial charge >= 0.3 is 0 Å². The molecular weight excluding hydrogens is 370 g/mol. The first kappa shape index (κ1) is 28.5. The van der Waals surface area contributed by atoms with Crippen molar-refractivity contribution in [1.29, 1.82) is 0 Å². The predicted octanol–water partition coefficient (Wildman–Crippen LogP) is 8.18. The van der Waals surface area contributed by atoms with Crippen molar-refractivity contribution in [2.45, 2.75) is 124 Å². The van der Waals surface area contributed by atoms with E-state index in [1.54, 1.807) is 5.57 Å². The monoisotopic (exact) mass is 419 g/mol. The smallest absolute Gasteiger partial charge is 0.220 e. The molecule has 0 aromatic heterocycles. The Balaban J connectivity index is 3.78. The standard InChI is InChI=1S/C27H49NO2/c1-7-8-15-18-23(4)24(5)19-16-13-11-9-10-12-14-17-20-27(30)28-26(25(6)29)21-22(2)3/h13,16,22,26,29H,6-12,14-15,17-21H2,1-5H3,(H,28,30)/b16-13-,24-23-. The summed E-state index contributed by atoms with van der Waals surface area (Å²) in [5, 5.41) is 12.5. The number of hydrogen-bond acceptors (Lipinski definition) is 2. The molecule has 0 aliphatic rings. The number of amides is 1. The molecule has 3 nitrogen and oxygen atoms in total. The van der Waals surface area contributed by atoms with Crippen molar-refractivity contribution < 1.29 is 9.90 Å². The summed E-state index contributed by atoms with van der Waals surface area (Å²) in [5.74, 6) is 0.484. The van der Waals surface area contributed by atoms with Crippen molar-refractivity contribution in [2.75, 3.05) is 0 Å². The molecule has 0 aliphatic carbocycles. The van der Waals surface area contributed by atoms with Gasteiger partial charge in [-0.05, 0) is 64.7 Å². The van der Waals surface area contributed by atoms with Gasteiger partial charge in [0.25, 0.3) is 0 Å². The van der Waals surface area contributed by atoms with Crippen LogP contribution in [-0.4, -0.2) is 17.1 Å². The van der Waals surface area contributed by atoms with Crippen molar-refractivity contribution >= 4 is 5.91 Å². The van der Waals surface area contributed by atoms with Gasteiger partial charge in [0.05, 0.1) is 6.04 Å². The number of carbonyl (C=O) groups excluding carboxylic acids is 1. The Morgan fingerprint density at radius 2 is 1.57 bits per heavy atom. The Bertz CT molecular complexity index is 531. The van der Waals surface area contributed by atoms with E-state index < -0.39 is 0 Å². The predicted molar refractivity (Wildman–Crippen MR) is 132 cm³/mol. The van der Waals surface area contributed by atoms with Crippen LogP contribution in [0.25, 0.3) is 0 Å². The van der Waals surface area contributed by atoms with Gasteiger partial charge in [-0.2, -0.15) is 0 Å². The topological polar surface area (TPSA) is 49.3 Å². The molecule has 0 spiro atoms. The minimum absolute atomic E-state index is 0.0206. The number of carbonyl (C=O) groups is 1. The molecule has 0 heterocycles. The van der Waals surface area contributed by atoms with Crippen molar-refractivity contribution in [3.8, 4) is 0 Å². The van der Waals surface area contributed by atoms with Crippen molar-refractivity contribution in [2.24, 2.45) is 5.92 Å². The van der Waals surface area contributed by atoms with E-state index >= 15 is 0 Å². The minimum Gasteiger partial charge on any atom is -0.511 e. The van der Waals surface area contributed by atoms with E-state index in [4.69, 9.17) is 0 Å². The average Bonchev–Trinajstić information content (AvgIpc) is 2.68. The summed E-state index contributed by atoms with van der Waals surface area (Å²) >= 11 is 0. The highest BCUT2D eigenvalue weighted by molar-refractivity contribution is 5.76. The lowest BCUT2D eigenvalue weighted by Gasteiger charge is -2.19. The molecule has 0 rings (SSSR count). The Labute approximate surface area is 187 Å². The molecule has 0 radical (unpaired) electrons. The van der Waals surface area contributed by atoms with Gasteiger partial charge in [-0.15, -0.1) is 0 Å². The highest BCUT2D eigenvalue weighted by Gasteiger charge is 2.16. The number of allylic oxidation sites excluding steroid dienone is 4. The maximum absolute atomic E-state index is 12.0. The zero-order valence-electron chi connectivity index (χ0n) is 20.6. The van der Waals surface area contributed by atoms with Crippen molar-refractivity contribution in [3.63, 3.8) is 0 Å². The molecule has 3 heteroatoms. The fourth-order valence-electron chi connectivity index (χ4n) is 3.50. The molecular formula is C27H49NO2. The van der Waals surface area contributed by atoms with Gasteiger partial charge in [-0.1, -0.05) is 82.8 Å². The quantitative estimate of drug-likeness (QED) is 0.134. The third-order valence-electron chi connectivity index (χ3n) is 5.69. The second-order valence-electron chi connectivity index (χ2n) is 9.24. The van der Waals surface area contributed by atoms with Crippen LogP contribution in [-0.2, 0) is 4.79 Å². The Morgan fingerprint density at radius 3 is 2.20 bits per heavy atom. The maximum atomic E-state index is 12.0. The first-order valence-corrected chi connectivity index (χ1v) is 12.2. The Hall–Kier alpha value is -1.51. The van der Waals surface area contributed by atoms with E-state index in [9.17, 15) is 9.90 Å². The molecule has 0 aromatic carbocycles. The van der Waals surface area contributed by atoms with Crippen LogP contribution in [0.3, 0.4) is 0 Å². The molecule has 1 atom stereocenters.